The molecule has 100 valence electrons. The number of para-hydroxylation sites is 2. The second kappa shape index (κ2) is 5.42. The standard InChI is InChI=1S/C15H11BrN2OS/c1-9(19)10-6-7-14(11(16)8-10)20-15-17-12-4-2-3-5-13(12)18-15/h2-8H,1H3,(H,17,18). The van der Waals surface area contributed by atoms with Gasteiger partial charge in [-0.3, -0.25) is 4.79 Å². The topological polar surface area (TPSA) is 45.8 Å². The predicted molar refractivity (Wildman–Crippen MR) is 84.4 cm³/mol. The third kappa shape index (κ3) is 2.64. The summed E-state index contributed by atoms with van der Waals surface area (Å²) >= 11 is 5.04. The highest BCUT2D eigenvalue weighted by molar-refractivity contribution is 9.10. The summed E-state index contributed by atoms with van der Waals surface area (Å²) in [6.07, 6.45) is 0. The number of H-pyrrole nitrogens is 1. The first-order valence-corrected chi connectivity index (χ1v) is 7.67. The molecular formula is C15H11BrN2OS. The van der Waals surface area contributed by atoms with Crippen LogP contribution in [0.5, 0.6) is 0 Å². The van der Waals surface area contributed by atoms with Gasteiger partial charge in [0.05, 0.1) is 11.0 Å². The average Bonchev–Trinajstić information content (AvgIpc) is 2.83. The Morgan fingerprint density at radius 2 is 2.05 bits per heavy atom. The summed E-state index contributed by atoms with van der Waals surface area (Å²) in [7, 11) is 0. The predicted octanol–water partition coefficient (Wildman–Crippen LogP) is 4.68. The molecule has 0 unspecified atom stereocenters. The lowest BCUT2D eigenvalue weighted by Gasteiger charge is -2.03. The SMILES string of the molecule is CC(=O)c1ccc(Sc2nc3ccccc3[nH]2)c(Br)c1. The van der Waals surface area contributed by atoms with E-state index in [-0.39, 0.29) is 5.78 Å². The number of Topliss-reactive ketones (excluding diaryl/α,β-unsaturated/α-hetero) is 1. The number of rotatable bonds is 3. The van der Waals surface area contributed by atoms with Gasteiger partial charge in [0.25, 0.3) is 0 Å². The van der Waals surface area contributed by atoms with E-state index in [1.54, 1.807) is 6.92 Å². The van der Waals surface area contributed by atoms with E-state index in [0.29, 0.717) is 5.56 Å². The van der Waals surface area contributed by atoms with Crippen LogP contribution in [-0.4, -0.2) is 15.8 Å². The van der Waals surface area contributed by atoms with Crippen LogP contribution in [0, 0.1) is 0 Å². The van der Waals surface area contributed by atoms with Crippen molar-refractivity contribution in [3.8, 4) is 0 Å². The third-order valence-corrected chi connectivity index (χ3v) is 4.79. The van der Waals surface area contributed by atoms with E-state index in [4.69, 9.17) is 0 Å². The molecule has 0 fully saturated rings. The number of carbonyl (C=O) groups is 1. The van der Waals surface area contributed by atoms with Crippen molar-refractivity contribution >= 4 is 44.5 Å². The van der Waals surface area contributed by atoms with E-state index in [1.165, 1.54) is 11.8 Å². The van der Waals surface area contributed by atoms with Gasteiger partial charge in [-0.05, 0) is 47.1 Å². The Morgan fingerprint density at radius 3 is 2.75 bits per heavy atom. The van der Waals surface area contributed by atoms with Gasteiger partial charge in [-0.2, -0.15) is 0 Å². The molecule has 0 amide bonds. The van der Waals surface area contributed by atoms with Crippen molar-refractivity contribution in [1.29, 1.82) is 0 Å². The van der Waals surface area contributed by atoms with E-state index in [2.05, 4.69) is 25.9 Å². The normalized spacial score (nSPS) is 10.9. The Bertz CT molecular complexity index is 764. The van der Waals surface area contributed by atoms with E-state index in [1.807, 2.05) is 42.5 Å². The fraction of sp³-hybridized carbons (Fsp3) is 0.0667. The molecule has 1 aromatic heterocycles. The third-order valence-electron chi connectivity index (χ3n) is 2.91. The lowest BCUT2D eigenvalue weighted by atomic mass is 10.2. The number of imidazole rings is 1. The summed E-state index contributed by atoms with van der Waals surface area (Å²) in [6.45, 7) is 1.56. The summed E-state index contributed by atoms with van der Waals surface area (Å²) in [4.78, 5) is 20.2. The molecule has 1 heterocycles. The Balaban J connectivity index is 1.92. The highest BCUT2D eigenvalue weighted by Gasteiger charge is 2.09. The second-order valence-electron chi connectivity index (χ2n) is 4.36. The number of ketones is 1. The van der Waals surface area contributed by atoms with Crippen molar-refractivity contribution in [3.63, 3.8) is 0 Å². The summed E-state index contributed by atoms with van der Waals surface area (Å²) in [6, 6.07) is 13.5. The maximum atomic E-state index is 11.3. The molecular weight excluding hydrogens is 336 g/mol. The molecule has 0 radical (unpaired) electrons. The second-order valence-corrected chi connectivity index (χ2v) is 6.25. The van der Waals surface area contributed by atoms with Crippen molar-refractivity contribution < 1.29 is 4.79 Å². The van der Waals surface area contributed by atoms with Crippen molar-refractivity contribution in [2.75, 3.05) is 0 Å². The van der Waals surface area contributed by atoms with E-state index < -0.39 is 0 Å². The van der Waals surface area contributed by atoms with Gasteiger partial charge in [0.2, 0.25) is 0 Å². The molecule has 0 spiro atoms. The Morgan fingerprint density at radius 1 is 1.25 bits per heavy atom. The zero-order chi connectivity index (χ0) is 14.1. The summed E-state index contributed by atoms with van der Waals surface area (Å²) in [5, 5.41) is 0.836. The quantitative estimate of drug-likeness (QED) is 0.700. The zero-order valence-corrected chi connectivity index (χ0v) is 13.1. The maximum Gasteiger partial charge on any atom is 0.171 e. The molecule has 0 aliphatic carbocycles. The Labute approximate surface area is 128 Å². The number of halogens is 1. The summed E-state index contributed by atoms with van der Waals surface area (Å²) < 4.78 is 0.899. The lowest BCUT2D eigenvalue weighted by molar-refractivity contribution is 0.101. The summed E-state index contributed by atoms with van der Waals surface area (Å²) in [5.74, 6) is 0.0611. The van der Waals surface area contributed by atoms with Crippen molar-refractivity contribution in [1.82, 2.24) is 9.97 Å². The average molecular weight is 347 g/mol. The molecule has 3 aromatic rings. The number of aromatic nitrogens is 2. The molecule has 20 heavy (non-hydrogen) atoms. The monoisotopic (exact) mass is 346 g/mol. The molecule has 0 saturated carbocycles. The highest BCUT2D eigenvalue weighted by Crippen LogP contribution is 2.33. The fourth-order valence-electron chi connectivity index (χ4n) is 1.88. The largest absolute Gasteiger partial charge is 0.333 e. The van der Waals surface area contributed by atoms with E-state index in [0.717, 1.165) is 25.6 Å². The van der Waals surface area contributed by atoms with Crippen LogP contribution >= 0.6 is 27.7 Å². The smallest absolute Gasteiger partial charge is 0.171 e. The van der Waals surface area contributed by atoms with Gasteiger partial charge in [-0.25, -0.2) is 4.98 Å². The van der Waals surface area contributed by atoms with Gasteiger partial charge >= 0.3 is 0 Å². The van der Waals surface area contributed by atoms with Crippen LogP contribution in [0.1, 0.15) is 17.3 Å². The fourth-order valence-corrected chi connectivity index (χ4v) is 3.31. The lowest BCUT2D eigenvalue weighted by Crippen LogP contribution is -1.91. The van der Waals surface area contributed by atoms with Crippen LogP contribution in [0.25, 0.3) is 11.0 Å². The molecule has 0 bridgehead atoms. The zero-order valence-electron chi connectivity index (χ0n) is 10.7. The van der Waals surface area contributed by atoms with Gasteiger partial charge < -0.3 is 4.98 Å². The van der Waals surface area contributed by atoms with Gasteiger partial charge in [0, 0.05) is 14.9 Å². The van der Waals surface area contributed by atoms with Crippen LogP contribution in [-0.2, 0) is 0 Å². The first-order chi connectivity index (χ1) is 9.63. The van der Waals surface area contributed by atoms with Crippen LogP contribution in [0.3, 0.4) is 0 Å². The van der Waals surface area contributed by atoms with Gasteiger partial charge in [0.15, 0.2) is 10.9 Å². The molecule has 2 aromatic carbocycles. The molecule has 3 rings (SSSR count). The summed E-state index contributed by atoms with van der Waals surface area (Å²) in [5.41, 5.74) is 2.67. The van der Waals surface area contributed by atoms with Crippen LogP contribution < -0.4 is 0 Å². The minimum atomic E-state index is 0.0611. The van der Waals surface area contributed by atoms with Gasteiger partial charge in [-0.15, -0.1) is 0 Å². The van der Waals surface area contributed by atoms with Crippen LogP contribution in [0.4, 0.5) is 0 Å². The maximum absolute atomic E-state index is 11.3. The van der Waals surface area contributed by atoms with Gasteiger partial charge in [0.1, 0.15) is 0 Å². The first-order valence-electron chi connectivity index (χ1n) is 6.06. The van der Waals surface area contributed by atoms with Crippen molar-refractivity contribution in [2.45, 2.75) is 17.0 Å². The number of fused-ring (bicyclic) bond motifs is 1. The number of hydrogen-bond acceptors (Lipinski definition) is 3. The molecule has 0 saturated heterocycles. The Kier molecular flexibility index (Phi) is 3.63. The van der Waals surface area contributed by atoms with Crippen molar-refractivity contribution in [3.05, 3.63) is 52.5 Å². The first kappa shape index (κ1) is 13.4. The number of nitrogens with one attached hydrogen (secondary N) is 1. The highest BCUT2D eigenvalue weighted by atomic mass is 79.9. The number of hydrogen-bond donors (Lipinski definition) is 1. The van der Waals surface area contributed by atoms with E-state index >= 15 is 0 Å². The number of nitrogens with zero attached hydrogens (tertiary/aromatic N) is 1. The molecule has 3 nitrogen and oxygen atoms in total. The molecule has 0 aliphatic rings. The molecule has 5 heteroatoms. The van der Waals surface area contributed by atoms with Crippen LogP contribution in [0.15, 0.2) is 57.0 Å². The minimum Gasteiger partial charge on any atom is -0.333 e. The minimum absolute atomic E-state index is 0.0611. The molecule has 1 N–H and O–H groups in total. The molecule has 0 aliphatic heterocycles. The van der Waals surface area contributed by atoms with Crippen molar-refractivity contribution in [2.24, 2.45) is 0 Å². The number of benzene rings is 2. The van der Waals surface area contributed by atoms with Crippen LogP contribution in [0.2, 0.25) is 0 Å². The number of carbonyl (C=O) groups excluding carboxylic acids is 1. The van der Waals surface area contributed by atoms with E-state index in [9.17, 15) is 4.79 Å². The molecule has 0 atom stereocenters. The number of aromatic amines is 1. The van der Waals surface area contributed by atoms with Gasteiger partial charge in [-0.1, -0.05) is 30.0 Å². The Hall–Kier alpha value is -1.59.